The Kier molecular flexibility index (Phi) is 4.03. The molecule has 0 saturated carbocycles. The number of aromatic nitrogens is 1. The first-order chi connectivity index (χ1) is 11.0. The molecule has 0 unspecified atom stereocenters. The summed E-state index contributed by atoms with van der Waals surface area (Å²) >= 11 is 1.28. The van der Waals surface area contributed by atoms with Crippen molar-refractivity contribution >= 4 is 44.2 Å². The number of nitrogens with zero attached hydrogens (tertiary/aromatic N) is 1. The van der Waals surface area contributed by atoms with Crippen molar-refractivity contribution in [2.45, 2.75) is 6.92 Å². The van der Waals surface area contributed by atoms with Gasteiger partial charge in [-0.25, -0.2) is 9.37 Å². The molecule has 0 aliphatic carbocycles. The fourth-order valence-corrected chi connectivity index (χ4v) is 2.96. The third-order valence-electron chi connectivity index (χ3n) is 3.02. The summed E-state index contributed by atoms with van der Waals surface area (Å²) in [5.41, 5.74) is 1.60. The molecule has 2 amide bonds. The van der Waals surface area contributed by atoms with Gasteiger partial charge in [-0.1, -0.05) is 17.4 Å². The highest BCUT2D eigenvalue weighted by Crippen LogP contribution is 2.28. The van der Waals surface area contributed by atoms with E-state index >= 15 is 0 Å². The highest BCUT2D eigenvalue weighted by atomic mass is 32.1. The molecule has 0 spiro atoms. The molecule has 2 N–H and O–H groups in total. The van der Waals surface area contributed by atoms with Crippen LogP contribution < -0.4 is 10.6 Å². The number of amides is 2. The molecule has 0 atom stereocenters. The van der Waals surface area contributed by atoms with Crippen molar-refractivity contribution in [1.29, 1.82) is 0 Å². The van der Waals surface area contributed by atoms with Crippen molar-refractivity contribution in [3.8, 4) is 0 Å². The van der Waals surface area contributed by atoms with Gasteiger partial charge in [0.05, 0.1) is 10.2 Å². The second-order valence-electron chi connectivity index (χ2n) is 4.85. The summed E-state index contributed by atoms with van der Waals surface area (Å²) in [5.74, 6) is -1.05. The summed E-state index contributed by atoms with van der Waals surface area (Å²) in [6.45, 7) is 1.43. The number of hydrogen-bond donors (Lipinski definition) is 2. The minimum absolute atomic E-state index is 0.159. The van der Waals surface area contributed by atoms with Gasteiger partial charge in [-0.05, 0) is 36.4 Å². The van der Waals surface area contributed by atoms with Gasteiger partial charge >= 0.3 is 0 Å². The van der Waals surface area contributed by atoms with E-state index < -0.39 is 11.7 Å². The summed E-state index contributed by atoms with van der Waals surface area (Å²) < 4.78 is 14.0. The number of halogens is 1. The highest BCUT2D eigenvalue weighted by molar-refractivity contribution is 7.22. The van der Waals surface area contributed by atoms with E-state index in [2.05, 4.69) is 15.6 Å². The average molecular weight is 329 g/mol. The first-order valence-electron chi connectivity index (χ1n) is 6.76. The zero-order valence-corrected chi connectivity index (χ0v) is 12.9. The summed E-state index contributed by atoms with van der Waals surface area (Å²) in [7, 11) is 0. The van der Waals surface area contributed by atoms with Gasteiger partial charge in [0.25, 0.3) is 5.91 Å². The Morgan fingerprint density at radius 2 is 1.96 bits per heavy atom. The highest BCUT2D eigenvalue weighted by Gasteiger charge is 2.11. The topological polar surface area (TPSA) is 71.1 Å². The molecular weight excluding hydrogens is 317 g/mol. The Morgan fingerprint density at radius 1 is 1.13 bits per heavy atom. The lowest BCUT2D eigenvalue weighted by Crippen LogP contribution is -2.11. The van der Waals surface area contributed by atoms with Gasteiger partial charge in [0.15, 0.2) is 5.13 Å². The maximum Gasteiger partial charge on any atom is 0.257 e. The molecule has 5 nitrogen and oxygen atoms in total. The Hall–Kier alpha value is -2.80. The number of carbonyl (C=O) groups is 2. The molecule has 1 heterocycles. The van der Waals surface area contributed by atoms with Crippen molar-refractivity contribution in [3.05, 3.63) is 53.8 Å². The smallest absolute Gasteiger partial charge is 0.257 e. The van der Waals surface area contributed by atoms with Crippen LogP contribution in [-0.2, 0) is 4.79 Å². The summed E-state index contributed by atoms with van der Waals surface area (Å²) in [6.07, 6.45) is 0. The van der Waals surface area contributed by atoms with Crippen LogP contribution in [-0.4, -0.2) is 16.8 Å². The standard InChI is InChI=1S/C16H12FN3O2S/c1-9(21)18-12-5-6-13-14(8-12)23-16(19-13)20-15(22)10-3-2-4-11(17)7-10/h2-8H,1H3,(H,18,21)(H,19,20,22). The molecule has 2 aromatic carbocycles. The lowest BCUT2D eigenvalue weighted by atomic mass is 10.2. The monoisotopic (exact) mass is 329 g/mol. The van der Waals surface area contributed by atoms with Gasteiger partial charge in [-0.2, -0.15) is 0 Å². The Labute approximate surface area is 135 Å². The van der Waals surface area contributed by atoms with E-state index in [4.69, 9.17) is 0 Å². The third-order valence-corrected chi connectivity index (χ3v) is 3.95. The fraction of sp³-hybridized carbons (Fsp3) is 0.0625. The van der Waals surface area contributed by atoms with Crippen molar-refractivity contribution in [3.63, 3.8) is 0 Å². The Morgan fingerprint density at radius 3 is 2.70 bits per heavy atom. The molecule has 0 aliphatic heterocycles. The Balaban J connectivity index is 1.83. The van der Waals surface area contributed by atoms with Crippen LogP contribution in [0.2, 0.25) is 0 Å². The van der Waals surface area contributed by atoms with E-state index in [0.717, 1.165) is 10.8 Å². The van der Waals surface area contributed by atoms with Gasteiger partial charge in [0, 0.05) is 18.2 Å². The number of hydrogen-bond acceptors (Lipinski definition) is 4. The molecule has 3 aromatic rings. The molecule has 1 aromatic heterocycles. The lowest BCUT2D eigenvalue weighted by molar-refractivity contribution is -0.114. The summed E-state index contributed by atoms with van der Waals surface area (Å²) in [4.78, 5) is 27.5. The van der Waals surface area contributed by atoms with Crippen molar-refractivity contribution < 1.29 is 14.0 Å². The zero-order valence-electron chi connectivity index (χ0n) is 12.1. The number of benzene rings is 2. The van der Waals surface area contributed by atoms with E-state index in [1.165, 1.54) is 36.5 Å². The van der Waals surface area contributed by atoms with E-state index in [1.807, 2.05) is 0 Å². The van der Waals surface area contributed by atoms with Gasteiger partial charge in [0.1, 0.15) is 5.82 Å². The van der Waals surface area contributed by atoms with E-state index in [0.29, 0.717) is 16.3 Å². The van der Waals surface area contributed by atoms with Gasteiger partial charge in [-0.3, -0.25) is 14.9 Å². The average Bonchev–Trinajstić information content (AvgIpc) is 2.88. The van der Waals surface area contributed by atoms with Gasteiger partial charge < -0.3 is 5.32 Å². The van der Waals surface area contributed by atoms with Gasteiger partial charge in [-0.15, -0.1) is 0 Å². The quantitative estimate of drug-likeness (QED) is 0.770. The normalized spacial score (nSPS) is 10.5. The lowest BCUT2D eigenvalue weighted by Gasteiger charge is -2.01. The maximum atomic E-state index is 13.2. The number of rotatable bonds is 3. The van der Waals surface area contributed by atoms with Crippen molar-refractivity contribution in [2.24, 2.45) is 0 Å². The second kappa shape index (κ2) is 6.13. The van der Waals surface area contributed by atoms with E-state index in [1.54, 1.807) is 18.2 Å². The largest absolute Gasteiger partial charge is 0.326 e. The van der Waals surface area contributed by atoms with Crippen LogP contribution >= 0.6 is 11.3 Å². The molecule has 0 bridgehead atoms. The van der Waals surface area contributed by atoms with Gasteiger partial charge in [0.2, 0.25) is 5.91 Å². The predicted octanol–water partition coefficient (Wildman–Crippen LogP) is 3.65. The first-order valence-corrected chi connectivity index (χ1v) is 7.58. The van der Waals surface area contributed by atoms with Crippen LogP contribution in [0.4, 0.5) is 15.2 Å². The fourth-order valence-electron chi connectivity index (χ4n) is 2.06. The van der Waals surface area contributed by atoms with Crippen LogP contribution in [0, 0.1) is 5.82 Å². The molecule has 116 valence electrons. The number of thiazole rings is 1. The summed E-state index contributed by atoms with van der Waals surface area (Å²) in [6, 6.07) is 10.7. The Bertz CT molecular complexity index is 907. The number of fused-ring (bicyclic) bond motifs is 1. The van der Waals surface area contributed by atoms with E-state index in [-0.39, 0.29) is 11.5 Å². The minimum atomic E-state index is -0.470. The van der Waals surface area contributed by atoms with Crippen LogP contribution in [0.15, 0.2) is 42.5 Å². The van der Waals surface area contributed by atoms with Crippen LogP contribution in [0.25, 0.3) is 10.2 Å². The van der Waals surface area contributed by atoms with Crippen molar-refractivity contribution in [2.75, 3.05) is 10.6 Å². The van der Waals surface area contributed by atoms with E-state index in [9.17, 15) is 14.0 Å². The van der Waals surface area contributed by atoms with Crippen LogP contribution in [0.3, 0.4) is 0 Å². The van der Waals surface area contributed by atoms with Crippen LogP contribution in [0.5, 0.6) is 0 Å². The molecule has 0 radical (unpaired) electrons. The molecule has 0 saturated heterocycles. The maximum absolute atomic E-state index is 13.2. The molecular formula is C16H12FN3O2S. The molecule has 23 heavy (non-hydrogen) atoms. The molecule has 7 heteroatoms. The first kappa shape index (κ1) is 15.1. The molecule has 0 aliphatic rings. The number of anilines is 2. The molecule has 0 fully saturated rings. The van der Waals surface area contributed by atoms with Crippen LogP contribution in [0.1, 0.15) is 17.3 Å². The number of nitrogens with one attached hydrogen (secondary N) is 2. The zero-order chi connectivity index (χ0) is 16.4. The van der Waals surface area contributed by atoms with Crippen molar-refractivity contribution in [1.82, 2.24) is 4.98 Å². The number of carbonyl (C=O) groups excluding carboxylic acids is 2. The third kappa shape index (κ3) is 3.51. The molecule has 3 rings (SSSR count). The predicted molar refractivity (Wildman–Crippen MR) is 88.3 cm³/mol. The summed E-state index contributed by atoms with van der Waals surface area (Å²) in [5, 5.41) is 5.75. The minimum Gasteiger partial charge on any atom is -0.326 e. The second-order valence-corrected chi connectivity index (χ2v) is 5.88. The SMILES string of the molecule is CC(=O)Nc1ccc2nc(NC(=O)c3cccc(F)c3)sc2c1.